The molecule has 2 N–H and O–H groups in total. The zero-order valence-corrected chi connectivity index (χ0v) is 10.7. The second kappa shape index (κ2) is 6.58. The summed E-state index contributed by atoms with van der Waals surface area (Å²) in [5, 5.41) is 18.1. The highest BCUT2D eigenvalue weighted by Crippen LogP contribution is 2.35. The smallest absolute Gasteiger partial charge is 0.104 e. The predicted molar refractivity (Wildman–Crippen MR) is 64.2 cm³/mol. The van der Waals surface area contributed by atoms with E-state index in [0.717, 1.165) is 12.3 Å². The van der Waals surface area contributed by atoms with E-state index in [4.69, 9.17) is 14.9 Å². The molecule has 1 saturated carbocycles. The Hall–Kier alpha value is -0.120. The van der Waals surface area contributed by atoms with Gasteiger partial charge in [-0.3, -0.25) is 0 Å². The SMILES string of the molecule is CC(C)C1CCC(C)C(OC(CO)CO)C1. The summed E-state index contributed by atoms with van der Waals surface area (Å²) in [5.74, 6) is 1.95. The number of hydrogen-bond donors (Lipinski definition) is 2. The van der Waals surface area contributed by atoms with E-state index >= 15 is 0 Å². The molecule has 3 heteroatoms. The Morgan fingerprint density at radius 2 is 1.81 bits per heavy atom. The molecule has 0 aromatic heterocycles. The van der Waals surface area contributed by atoms with E-state index in [0.29, 0.717) is 11.8 Å². The molecule has 3 nitrogen and oxygen atoms in total. The molecule has 0 amide bonds. The Morgan fingerprint density at radius 1 is 1.19 bits per heavy atom. The van der Waals surface area contributed by atoms with E-state index in [-0.39, 0.29) is 19.3 Å². The normalized spacial score (nSPS) is 31.3. The molecule has 0 spiro atoms. The summed E-state index contributed by atoms with van der Waals surface area (Å²) in [6, 6.07) is 0. The molecule has 0 heterocycles. The van der Waals surface area contributed by atoms with Gasteiger partial charge in [-0.1, -0.05) is 20.8 Å². The third kappa shape index (κ3) is 3.72. The molecule has 0 aromatic rings. The van der Waals surface area contributed by atoms with Crippen LogP contribution < -0.4 is 0 Å². The van der Waals surface area contributed by atoms with Crippen molar-refractivity contribution in [3.63, 3.8) is 0 Å². The highest BCUT2D eigenvalue weighted by molar-refractivity contribution is 4.81. The second-order valence-electron chi connectivity index (χ2n) is 5.46. The Kier molecular flexibility index (Phi) is 5.73. The van der Waals surface area contributed by atoms with Gasteiger partial charge in [-0.05, 0) is 37.0 Å². The Bertz CT molecular complexity index is 188. The summed E-state index contributed by atoms with van der Waals surface area (Å²) in [6.45, 7) is 6.53. The summed E-state index contributed by atoms with van der Waals surface area (Å²) >= 11 is 0. The first-order chi connectivity index (χ1) is 7.58. The van der Waals surface area contributed by atoms with E-state index in [1.807, 2.05) is 0 Å². The van der Waals surface area contributed by atoms with Gasteiger partial charge in [-0.2, -0.15) is 0 Å². The lowest BCUT2D eigenvalue weighted by molar-refractivity contribution is -0.103. The summed E-state index contributed by atoms with van der Waals surface area (Å²) in [6.07, 6.45) is 3.33. The molecule has 0 aromatic carbocycles. The lowest BCUT2D eigenvalue weighted by Crippen LogP contribution is -2.37. The maximum absolute atomic E-state index is 9.03. The van der Waals surface area contributed by atoms with Gasteiger partial charge in [0.2, 0.25) is 0 Å². The van der Waals surface area contributed by atoms with Crippen molar-refractivity contribution in [3.05, 3.63) is 0 Å². The molecule has 16 heavy (non-hydrogen) atoms. The molecule has 0 saturated heterocycles. The van der Waals surface area contributed by atoms with Crippen LogP contribution in [0.3, 0.4) is 0 Å². The minimum absolute atomic E-state index is 0.0912. The number of ether oxygens (including phenoxy) is 1. The van der Waals surface area contributed by atoms with E-state index in [1.165, 1.54) is 12.8 Å². The lowest BCUT2D eigenvalue weighted by atomic mass is 9.76. The van der Waals surface area contributed by atoms with Crippen LogP contribution in [0.2, 0.25) is 0 Å². The lowest BCUT2D eigenvalue weighted by Gasteiger charge is -2.37. The van der Waals surface area contributed by atoms with Gasteiger partial charge in [-0.25, -0.2) is 0 Å². The van der Waals surface area contributed by atoms with Crippen molar-refractivity contribution in [2.75, 3.05) is 13.2 Å². The fraction of sp³-hybridized carbons (Fsp3) is 1.00. The van der Waals surface area contributed by atoms with Crippen LogP contribution in [0.5, 0.6) is 0 Å². The third-order valence-electron chi connectivity index (χ3n) is 3.88. The fourth-order valence-electron chi connectivity index (χ4n) is 2.50. The predicted octanol–water partition coefficient (Wildman–Crippen LogP) is 1.82. The molecule has 1 fully saturated rings. The van der Waals surface area contributed by atoms with Crippen molar-refractivity contribution in [3.8, 4) is 0 Å². The standard InChI is InChI=1S/C13H26O3/c1-9(2)11-5-4-10(3)13(6-11)16-12(7-14)8-15/h9-15H,4-8H2,1-3H3. The van der Waals surface area contributed by atoms with Crippen molar-refractivity contribution < 1.29 is 14.9 Å². The van der Waals surface area contributed by atoms with Gasteiger partial charge in [0.15, 0.2) is 0 Å². The quantitative estimate of drug-likeness (QED) is 0.757. The molecule has 1 rings (SSSR count). The number of hydrogen-bond acceptors (Lipinski definition) is 3. The van der Waals surface area contributed by atoms with Crippen LogP contribution >= 0.6 is 0 Å². The molecule has 0 aliphatic heterocycles. The Morgan fingerprint density at radius 3 is 2.31 bits per heavy atom. The Balaban J connectivity index is 2.49. The van der Waals surface area contributed by atoms with Crippen molar-refractivity contribution in [1.82, 2.24) is 0 Å². The zero-order chi connectivity index (χ0) is 12.1. The van der Waals surface area contributed by atoms with Crippen molar-refractivity contribution >= 4 is 0 Å². The van der Waals surface area contributed by atoms with Crippen LogP contribution in [0, 0.1) is 17.8 Å². The van der Waals surface area contributed by atoms with E-state index in [1.54, 1.807) is 0 Å². The molecule has 1 aliphatic rings. The first-order valence-corrected chi connectivity index (χ1v) is 6.45. The molecule has 3 atom stereocenters. The zero-order valence-electron chi connectivity index (χ0n) is 10.7. The summed E-state index contributed by atoms with van der Waals surface area (Å²) < 4.78 is 5.78. The van der Waals surface area contributed by atoms with Gasteiger partial charge in [0, 0.05) is 0 Å². The largest absolute Gasteiger partial charge is 0.394 e. The summed E-state index contributed by atoms with van der Waals surface area (Å²) in [5.41, 5.74) is 0. The number of aliphatic hydroxyl groups excluding tert-OH is 2. The highest BCUT2D eigenvalue weighted by Gasteiger charge is 2.31. The summed E-state index contributed by atoms with van der Waals surface area (Å²) in [7, 11) is 0. The number of aliphatic hydroxyl groups is 2. The minimum Gasteiger partial charge on any atom is -0.394 e. The summed E-state index contributed by atoms with van der Waals surface area (Å²) in [4.78, 5) is 0. The number of rotatable bonds is 5. The van der Waals surface area contributed by atoms with Gasteiger partial charge >= 0.3 is 0 Å². The molecule has 3 unspecified atom stereocenters. The van der Waals surface area contributed by atoms with E-state index in [9.17, 15) is 0 Å². The average Bonchev–Trinajstić information content (AvgIpc) is 2.27. The van der Waals surface area contributed by atoms with Gasteiger partial charge in [0.05, 0.1) is 19.3 Å². The van der Waals surface area contributed by atoms with Crippen LogP contribution in [-0.4, -0.2) is 35.6 Å². The van der Waals surface area contributed by atoms with E-state index < -0.39 is 6.10 Å². The molecular weight excluding hydrogens is 204 g/mol. The average molecular weight is 230 g/mol. The van der Waals surface area contributed by atoms with Crippen LogP contribution in [0.25, 0.3) is 0 Å². The molecule has 0 bridgehead atoms. The van der Waals surface area contributed by atoms with Crippen LogP contribution in [0.15, 0.2) is 0 Å². The Labute approximate surface area is 98.8 Å². The first-order valence-electron chi connectivity index (χ1n) is 6.45. The maximum Gasteiger partial charge on any atom is 0.104 e. The van der Waals surface area contributed by atoms with Gasteiger partial charge in [-0.15, -0.1) is 0 Å². The molecule has 96 valence electrons. The van der Waals surface area contributed by atoms with Crippen LogP contribution in [-0.2, 0) is 4.74 Å². The highest BCUT2D eigenvalue weighted by atomic mass is 16.5. The maximum atomic E-state index is 9.03. The minimum atomic E-state index is -0.404. The van der Waals surface area contributed by atoms with E-state index in [2.05, 4.69) is 20.8 Å². The fourth-order valence-corrected chi connectivity index (χ4v) is 2.50. The van der Waals surface area contributed by atoms with Crippen molar-refractivity contribution in [2.45, 2.75) is 52.2 Å². The molecular formula is C13H26O3. The van der Waals surface area contributed by atoms with Crippen LogP contribution in [0.1, 0.15) is 40.0 Å². The van der Waals surface area contributed by atoms with Crippen molar-refractivity contribution in [2.24, 2.45) is 17.8 Å². The monoisotopic (exact) mass is 230 g/mol. The molecule has 1 aliphatic carbocycles. The van der Waals surface area contributed by atoms with Crippen LogP contribution in [0.4, 0.5) is 0 Å². The molecule has 0 radical (unpaired) electrons. The van der Waals surface area contributed by atoms with Gasteiger partial charge < -0.3 is 14.9 Å². The van der Waals surface area contributed by atoms with Gasteiger partial charge in [0.25, 0.3) is 0 Å². The third-order valence-corrected chi connectivity index (χ3v) is 3.88. The first kappa shape index (κ1) is 13.9. The van der Waals surface area contributed by atoms with Crippen molar-refractivity contribution in [1.29, 1.82) is 0 Å². The topological polar surface area (TPSA) is 49.7 Å². The van der Waals surface area contributed by atoms with Gasteiger partial charge in [0.1, 0.15) is 6.10 Å². The second-order valence-corrected chi connectivity index (χ2v) is 5.46.